The minimum atomic E-state index is -0.648. The van der Waals surface area contributed by atoms with Crippen LogP contribution in [0.4, 0.5) is 0 Å². The van der Waals surface area contributed by atoms with E-state index in [4.69, 9.17) is 22.1 Å². The van der Waals surface area contributed by atoms with E-state index in [1.807, 2.05) is 16.7 Å². The molecule has 1 heterocycles. The summed E-state index contributed by atoms with van der Waals surface area (Å²) < 4.78 is 7.75. The van der Waals surface area contributed by atoms with Gasteiger partial charge in [-0.3, -0.25) is 9.59 Å². The Labute approximate surface area is 201 Å². The van der Waals surface area contributed by atoms with Gasteiger partial charge in [0.15, 0.2) is 6.61 Å². The van der Waals surface area contributed by atoms with Gasteiger partial charge in [0.25, 0.3) is 5.91 Å². The van der Waals surface area contributed by atoms with Gasteiger partial charge < -0.3 is 20.1 Å². The Morgan fingerprint density at radius 1 is 1.12 bits per heavy atom. The molecule has 1 aliphatic carbocycles. The van der Waals surface area contributed by atoms with Crippen LogP contribution in [0.3, 0.4) is 0 Å². The number of ether oxygens (including phenoxy) is 1. The van der Waals surface area contributed by atoms with Crippen molar-refractivity contribution in [1.82, 2.24) is 4.57 Å². The number of aliphatic hydroxyl groups excluding tert-OH is 1. The van der Waals surface area contributed by atoms with Crippen molar-refractivity contribution < 1.29 is 19.4 Å². The molecule has 3 aromatic carbocycles. The summed E-state index contributed by atoms with van der Waals surface area (Å²) in [5.74, 6) is -0.0400. The Morgan fingerprint density at radius 2 is 1.91 bits per heavy atom. The molecule has 4 aromatic rings. The van der Waals surface area contributed by atoms with Crippen molar-refractivity contribution in [2.24, 2.45) is 5.73 Å². The van der Waals surface area contributed by atoms with Crippen LogP contribution in [0.1, 0.15) is 52.0 Å². The lowest BCUT2D eigenvalue weighted by Gasteiger charge is -2.11. The van der Waals surface area contributed by atoms with Crippen LogP contribution in [0.2, 0.25) is 5.02 Å². The van der Waals surface area contributed by atoms with Crippen molar-refractivity contribution in [3.63, 3.8) is 0 Å². The predicted octanol–water partition coefficient (Wildman–Crippen LogP) is 5.07. The predicted molar refractivity (Wildman–Crippen MR) is 133 cm³/mol. The second kappa shape index (κ2) is 8.78. The van der Waals surface area contributed by atoms with E-state index in [0.717, 1.165) is 21.7 Å². The number of nitrogens with zero attached hydrogens (tertiary/aromatic N) is 1. The first-order valence-electron chi connectivity index (χ1n) is 11.3. The quantitative estimate of drug-likeness (QED) is 0.347. The second-order valence-corrected chi connectivity index (χ2v) is 9.45. The molecule has 0 radical (unpaired) electrons. The fourth-order valence-corrected chi connectivity index (χ4v) is 4.60. The van der Waals surface area contributed by atoms with E-state index in [1.54, 1.807) is 37.4 Å². The van der Waals surface area contributed by atoms with E-state index in [0.29, 0.717) is 23.0 Å². The van der Waals surface area contributed by atoms with Crippen molar-refractivity contribution in [1.29, 1.82) is 0 Å². The van der Waals surface area contributed by atoms with Crippen LogP contribution in [-0.2, 0) is 6.54 Å². The van der Waals surface area contributed by atoms with E-state index in [9.17, 15) is 14.7 Å². The molecule has 1 atom stereocenters. The number of amides is 1. The smallest absolute Gasteiger partial charge is 0.252 e. The number of rotatable bonds is 8. The van der Waals surface area contributed by atoms with Crippen molar-refractivity contribution in [3.8, 4) is 5.75 Å². The molecule has 7 heteroatoms. The lowest BCUT2D eigenvalue weighted by atomic mass is 10.0. The number of nitrogens with two attached hydrogens (primary N) is 1. The second-order valence-electron chi connectivity index (χ2n) is 9.01. The topological polar surface area (TPSA) is 94.6 Å². The number of hydrogen-bond donors (Lipinski definition) is 2. The molecular formula is C27H25ClN2O4. The number of ketones is 1. The van der Waals surface area contributed by atoms with Crippen LogP contribution < -0.4 is 10.5 Å². The van der Waals surface area contributed by atoms with E-state index >= 15 is 0 Å². The van der Waals surface area contributed by atoms with Gasteiger partial charge in [-0.15, -0.1) is 0 Å². The van der Waals surface area contributed by atoms with Gasteiger partial charge in [0.2, 0.25) is 5.78 Å². The summed E-state index contributed by atoms with van der Waals surface area (Å²) in [5, 5.41) is 12.9. The van der Waals surface area contributed by atoms with Crippen LogP contribution in [0.15, 0.2) is 54.7 Å². The number of carbonyl (C=O) groups is 2. The van der Waals surface area contributed by atoms with Gasteiger partial charge in [-0.25, -0.2) is 0 Å². The van der Waals surface area contributed by atoms with Crippen LogP contribution in [-0.4, -0.2) is 34.1 Å². The normalized spacial score (nSPS) is 14.4. The van der Waals surface area contributed by atoms with Crippen LogP contribution in [0.25, 0.3) is 21.7 Å². The van der Waals surface area contributed by atoms with Gasteiger partial charge in [-0.1, -0.05) is 29.8 Å². The molecule has 1 saturated carbocycles. The zero-order valence-corrected chi connectivity index (χ0v) is 19.5. The number of carbonyl (C=O) groups excluding carboxylic acids is 2. The van der Waals surface area contributed by atoms with Crippen molar-refractivity contribution in [2.45, 2.75) is 38.3 Å². The number of primary amides is 1. The fourth-order valence-electron chi connectivity index (χ4n) is 4.42. The molecule has 5 rings (SSSR count). The first kappa shape index (κ1) is 22.4. The van der Waals surface area contributed by atoms with Crippen molar-refractivity contribution in [3.05, 3.63) is 76.4 Å². The summed E-state index contributed by atoms with van der Waals surface area (Å²) in [6, 6.07) is 14.8. The Bertz CT molecular complexity index is 1440. The first-order chi connectivity index (χ1) is 16.3. The summed E-state index contributed by atoms with van der Waals surface area (Å²) >= 11 is 6.06. The zero-order valence-electron chi connectivity index (χ0n) is 18.8. The highest BCUT2D eigenvalue weighted by Crippen LogP contribution is 2.41. The number of halogens is 1. The maximum absolute atomic E-state index is 13.2. The summed E-state index contributed by atoms with van der Waals surface area (Å²) in [4.78, 5) is 25.3. The summed E-state index contributed by atoms with van der Waals surface area (Å²) in [6.45, 7) is 1.86. The highest BCUT2D eigenvalue weighted by molar-refractivity contribution is 6.31. The minimum Gasteiger partial charge on any atom is -0.485 e. The average Bonchev–Trinajstić information content (AvgIpc) is 3.59. The SMILES string of the molecule is C[C@@H](O)Cn1cc(C(=O)COc2cc3ccc(Cl)cc3cc2C(N)=O)c2ccc(C3CC3)cc21. The van der Waals surface area contributed by atoms with Gasteiger partial charge in [0.05, 0.1) is 11.7 Å². The van der Waals surface area contributed by atoms with Gasteiger partial charge in [0, 0.05) is 34.2 Å². The number of Topliss-reactive ketones (excluding diaryl/α,β-unsaturated/α-hetero) is 1. The highest BCUT2D eigenvalue weighted by Gasteiger charge is 2.25. The molecule has 6 nitrogen and oxygen atoms in total. The highest BCUT2D eigenvalue weighted by atomic mass is 35.5. The Balaban J connectivity index is 1.46. The number of fused-ring (bicyclic) bond motifs is 2. The molecule has 34 heavy (non-hydrogen) atoms. The monoisotopic (exact) mass is 476 g/mol. The fraction of sp³-hybridized carbons (Fsp3) is 0.259. The third-order valence-corrected chi connectivity index (χ3v) is 6.48. The van der Waals surface area contributed by atoms with Crippen LogP contribution >= 0.6 is 11.6 Å². The Hall–Kier alpha value is -3.35. The molecule has 0 aliphatic heterocycles. The average molecular weight is 477 g/mol. The molecule has 0 spiro atoms. The van der Waals surface area contributed by atoms with E-state index in [2.05, 4.69) is 12.1 Å². The standard InChI is InChI=1S/C27H25ClN2O4/c1-15(31)12-30-13-23(21-7-5-17(10-24(21)30)16-2-3-16)25(32)14-34-26-11-18-4-6-20(28)8-19(18)9-22(26)27(29)33/h4-11,13,15-16,31H,2-3,12,14H2,1H3,(H2,29,33)/t15-/m1/s1. The van der Waals surface area contributed by atoms with Crippen molar-refractivity contribution >= 4 is 45.0 Å². The van der Waals surface area contributed by atoms with Gasteiger partial charge >= 0.3 is 0 Å². The first-order valence-corrected chi connectivity index (χ1v) is 11.7. The van der Waals surface area contributed by atoms with E-state index < -0.39 is 12.0 Å². The van der Waals surface area contributed by atoms with E-state index in [-0.39, 0.29) is 23.7 Å². The molecule has 1 fully saturated rings. The van der Waals surface area contributed by atoms with E-state index in [1.165, 1.54) is 18.4 Å². The summed E-state index contributed by atoms with van der Waals surface area (Å²) in [7, 11) is 0. The summed E-state index contributed by atoms with van der Waals surface area (Å²) in [5.41, 5.74) is 8.46. The lowest BCUT2D eigenvalue weighted by Crippen LogP contribution is -2.16. The van der Waals surface area contributed by atoms with Gasteiger partial charge in [-0.2, -0.15) is 0 Å². The third kappa shape index (κ3) is 4.39. The molecule has 1 aromatic heterocycles. The van der Waals surface area contributed by atoms with Gasteiger partial charge in [0.1, 0.15) is 5.75 Å². The molecule has 174 valence electrons. The minimum absolute atomic E-state index is 0.188. The molecule has 0 bridgehead atoms. The Kier molecular flexibility index (Phi) is 5.80. The van der Waals surface area contributed by atoms with Crippen LogP contribution in [0, 0.1) is 0 Å². The number of hydrogen-bond acceptors (Lipinski definition) is 4. The maximum atomic E-state index is 13.2. The molecule has 1 aliphatic rings. The molecule has 0 saturated heterocycles. The van der Waals surface area contributed by atoms with Gasteiger partial charge in [-0.05, 0) is 72.4 Å². The molecule has 0 unspecified atom stereocenters. The Morgan fingerprint density at radius 3 is 2.62 bits per heavy atom. The summed E-state index contributed by atoms with van der Waals surface area (Å²) in [6.07, 6.45) is 3.59. The van der Waals surface area contributed by atoms with Crippen LogP contribution in [0.5, 0.6) is 5.75 Å². The van der Waals surface area contributed by atoms with Crippen molar-refractivity contribution in [2.75, 3.05) is 6.61 Å². The molecule has 3 N–H and O–H groups in total. The molecular weight excluding hydrogens is 452 g/mol. The largest absolute Gasteiger partial charge is 0.485 e. The third-order valence-electron chi connectivity index (χ3n) is 6.24. The number of benzene rings is 3. The maximum Gasteiger partial charge on any atom is 0.252 e. The zero-order chi connectivity index (χ0) is 24.0. The number of aromatic nitrogens is 1. The molecule has 1 amide bonds. The number of aliphatic hydroxyl groups is 1. The lowest BCUT2D eigenvalue weighted by molar-refractivity contribution is 0.0913.